The lowest BCUT2D eigenvalue weighted by molar-refractivity contribution is 0.480. The molecule has 0 aliphatic carbocycles. The maximum Gasteiger partial charge on any atom is 0.172 e. The Morgan fingerprint density at radius 3 is 1.64 bits per heavy atom. The zero-order chi connectivity index (χ0) is 37.3. The highest BCUT2D eigenvalue weighted by Gasteiger charge is 2.19. The lowest BCUT2D eigenvalue weighted by Crippen LogP contribution is -2.00. The average Bonchev–Trinajstić information content (AvgIpc) is 3.66. The first-order valence-corrected chi connectivity index (χ1v) is 19.1. The maximum absolute atomic E-state index is 6.43. The number of thiophene rings is 1. The van der Waals surface area contributed by atoms with Gasteiger partial charge in [-0.05, 0) is 53.6 Å². The van der Waals surface area contributed by atoms with Crippen LogP contribution in [-0.2, 0) is 0 Å². The number of benzene rings is 7. The summed E-state index contributed by atoms with van der Waals surface area (Å²) in [5, 5.41) is 2.23. The van der Waals surface area contributed by atoms with Crippen molar-refractivity contribution in [3.05, 3.63) is 188 Å². The van der Waals surface area contributed by atoms with Gasteiger partial charge in [-0.1, -0.05) is 140 Å². The molecule has 0 atom stereocenters. The van der Waals surface area contributed by atoms with Gasteiger partial charge in [0, 0.05) is 48.0 Å². The Kier molecular flexibility index (Phi) is 8.59. The van der Waals surface area contributed by atoms with Crippen LogP contribution in [0.5, 0.6) is 11.5 Å². The molecule has 0 saturated heterocycles. The normalized spacial score (nSPS) is 11.2. The molecule has 0 amide bonds. The van der Waals surface area contributed by atoms with Crippen molar-refractivity contribution in [2.45, 2.75) is 0 Å². The standard InChI is InChI=1S/C49H31N5OS/c1-5-15-32(16-6-1)35-21-13-22-36(29-35)44-42(55-38-23-11-4-12-24-38)31-50-49(51-44)40-26-14-25-39-41-30-37(27-28-43(41)56-45(39)40)48-53-46(33-17-7-2-8-18-33)52-47(54-48)34-19-9-3-10-20-34/h1-31H. The van der Waals surface area contributed by atoms with E-state index in [0.717, 1.165) is 70.6 Å². The molecule has 56 heavy (non-hydrogen) atoms. The predicted molar refractivity (Wildman–Crippen MR) is 227 cm³/mol. The van der Waals surface area contributed by atoms with E-state index in [4.69, 9.17) is 29.7 Å². The fourth-order valence-electron chi connectivity index (χ4n) is 6.93. The smallest absolute Gasteiger partial charge is 0.172 e. The minimum Gasteiger partial charge on any atom is -0.453 e. The van der Waals surface area contributed by atoms with Gasteiger partial charge in [0.25, 0.3) is 0 Å². The molecule has 7 heteroatoms. The molecule has 0 saturated carbocycles. The second-order valence-electron chi connectivity index (χ2n) is 13.3. The molecule has 0 radical (unpaired) electrons. The van der Waals surface area contributed by atoms with Crippen molar-refractivity contribution < 1.29 is 4.74 Å². The molecule has 0 bridgehead atoms. The summed E-state index contributed by atoms with van der Waals surface area (Å²) in [6, 6.07) is 61.4. The summed E-state index contributed by atoms with van der Waals surface area (Å²) < 4.78 is 8.68. The summed E-state index contributed by atoms with van der Waals surface area (Å²) in [6.45, 7) is 0. The highest BCUT2D eigenvalue weighted by Crippen LogP contribution is 2.42. The van der Waals surface area contributed by atoms with E-state index >= 15 is 0 Å². The lowest BCUT2D eigenvalue weighted by atomic mass is 10.0. The van der Waals surface area contributed by atoms with Crippen molar-refractivity contribution in [1.82, 2.24) is 24.9 Å². The number of fused-ring (bicyclic) bond motifs is 3. The lowest BCUT2D eigenvalue weighted by Gasteiger charge is -2.13. The third-order valence-electron chi connectivity index (χ3n) is 9.66. The predicted octanol–water partition coefficient (Wildman–Crippen LogP) is 12.8. The molecule has 10 aromatic rings. The number of aromatic nitrogens is 5. The van der Waals surface area contributed by atoms with E-state index in [-0.39, 0.29) is 0 Å². The number of nitrogens with zero attached hydrogens (tertiary/aromatic N) is 5. The maximum atomic E-state index is 6.43. The molecule has 0 spiro atoms. The molecule has 0 fully saturated rings. The van der Waals surface area contributed by atoms with Crippen LogP contribution in [0.2, 0.25) is 0 Å². The number of hydrogen-bond acceptors (Lipinski definition) is 7. The third-order valence-corrected chi connectivity index (χ3v) is 10.9. The Bertz CT molecular complexity index is 2930. The third kappa shape index (κ3) is 6.46. The van der Waals surface area contributed by atoms with E-state index in [0.29, 0.717) is 29.0 Å². The fraction of sp³-hybridized carbons (Fsp3) is 0. The highest BCUT2D eigenvalue weighted by molar-refractivity contribution is 7.26. The van der Waals surface area contributed by atoms with Crippen LogP contribution in [0.25, 0.3) is 88.1 Å². The van der Waals surface area contributed by atoms with E-state index in [1.165, 1.54) is 0 Å². The largest absolute Gasteiger partial charge is 0.453 e. The van der Waals surface area contributed by atoms with Gasteiger partial charge in [-0.3, -0.25) is 0 Å². The van der Waals surface area contributed by atoms with Crippen LogP contribution in [-0.4, -0.2) is 24.9 Å². The van der Waals surface area contributed by atoms with Gasteiger partial charge in [-0.2, -0.15) is 0 Å². The number of ether oxygens (including phenoxy) is 1. The Morgan fingerprint density at radius 1 is 0.393 bits per heavy atom. The van der Waals surface area contributed by atoms with Crippen LogP contribution in [0.15, 0.2) is 188 Å². The molecule has 10 rings (SSSR count). The summed E-state index contributed by atoms with van der Waals surface area (Å²) >= 11 is 1.73. The van der Waals surface area contributed by atoms with Gasteiger partial charge < -0.3 is 4.74 Å². The van der Waals surface area contributed by atoms with Gasteiger partial charge in [-0.25, -0.2) is 24.9 Å². The van der Waals surface area contributed by atoms with Gasteiger partial charge in [0.1, 0.15) is 11.4 Å². The zero-order valence-electron chi connectivity index (χ0n) is 30.0. The van der Waals surface area contributed by atoms with Crippen LogP contribution < -0.4 is 4.74 Å². The molecule has 6 nitrogen and oxygen atoms in total. The van der Waals surface area contributed by atoms with Crippen molar-refractivity contribution in [3.63, 3.8) is 0 Å². The minimum absolute atomic E-state index is 0.584. The van der Waals surface area contributed by atoms with Crippen LogP contribution >= 0.6 is 11.3 Å². The number of rotatable bonds is 8. The monoisotopic (exact) mass is 737 g/mol. The molecule has 0 unspecified atom stereocenters. The fourth-order valence-corrected chi connectivity index (χ4v) is 8.12. The first-order chi connectivity index (χ1) is 27.7. The SMILES string of the molecule is c1ccc(Oc2cnc(-c3cccc4c3sc3ccc(-c5nc(-c6ccccc6)nc(-c6ccccc6)n5)cc34)nc2-c2cccc(-c3ccccc3)c2)cc1. The van der Waals surface area contributed by atoms with Crippen molar-refractivity contribution >= 4 is 31.5 Å². The van der Waals surface area contributed by atoms with Gasteiger partial charge >= 0.3 is 0 Å². The molecule has 0 N–H and O–H groups in total. The van der Waals surface area contributed by atoms with Crippen molar-refractivity contribution in [2.75, 3.05) is 0 Å². The van der Waals surface area contributed by atoms with Crippen LogP contribution in [0.1, 0.15) is 0 Å². The first kappa shape index (κ1) is 33.2. The molecule has 0 aliphatic heterocycles. The quantitative estimate of drug-likeness (QED) is 0.155. The number of para-hydroxylation sites is 1. The number of hydrogen-bond donors (Lipinski definition) is 0. The molecular weight excluding hydrogens is 707 g/mol. The highest BCUT2D eigenvalue weighted by atomic mass is 32.1. The summed E-state index contributed by atoms with van der Waals surface area (Å²) in [6.07, 6.45) is 1.79. The van der Waals surface area contributed by atoms with Crippen molar-refractivity contribution in [1.29, 1.82) is 0 Å². The molecular formula is C49H31N5OS. The average molecular weight is 738 g/mol. The topological polar surface area (TPSA) is 73.7 Å². The van der Waals surface area contributed by atoms with E-state index < -0.39 is 0 Å². The van der Waals surface area contributed by atoms with Crippen LogP contribution in [0.3, 0.4) is 0 Å². The molecule has 7 aromatic carbocycles. The van der Waals surface area contributed by atoms with Gasteiger partial charge in [0.2, 0.25) is 0 Å². The van der Waals surface area contributed by atoms with E-state index in [1.54, 1.807) is 17.5 Å². The van der Waals surface area contributed by atoms with E-state index in [1.807, 2.05) is 97.1 Å². The van der Waals surface area contributed by atoms with Crippen molar-refractivity contribution in [3.8, 4) is 79.4 Å². The van der Waals surface area contributed by atoms with E-state index in [9.17, 15) is 0 Å². The van der Waals surface area contributed by atoms with Gasteiger partial charge in [0.05, 0.1) is 6.20 Å². The summed E-state index contributed by atoms with van der Waals surface area (Å²) in [7, 11) is 0. The molecule has 3 heterocycles. The Hall–Kier alpha value is -7.35. The van der Waals surface area contributed by atoms with Gasteiger partial charge in [-0.15, -0.1) is 11.3 Å². The van der Waals surface area contributed by atoms with E-state index in [2.05, 4.69) is 84.9 Å². The summed E-state index contributed by atoms with van der Waals surface area (Å²) in [5.74, 6) is 3.82. The Balaban J connectivity index is 1.09. The summed E-state index contributed by atoms with van der Waals surface area (Å²) in [5.41, 5.74) is 7.63. The first-order valence-electron chi connectivity index (χ1n) is 18.3. The zero-order valence-corrected chi connectivity index (χ0v) is 30.8. The molecule has 264 valence electrons. The molecule has 0 aliphatic rings. The summed E-state index contributed by atoms with van der Waals surface area (Å²) in [4.78, 5) is 25.0. The second kappa shape index (κ2) is 14.5. The molecule has 3 aromatic heterocycles. The van der Waals surface area contributed by atoms with Crippen LogP contribution in [0, 0.1) is 0 Å². The minimum atomic E-state index is 0.584. The van der Waals surface area contributed by atoms with Crippen LogP contribution in [0.4, 0.5) is 0 Å². The van der Waals surface area contributed by atoms with Crippen molar-refractivity contribution in [2.24, 2.45) is 0 Å². The van der Waals surface area contributed by atoms with Gasteiger partial charge in [0.15, 0.2) is 29.0 Å². The second-order valence-corrected chi connectivity index (χ2v) is 14.4. The Labute approximate surface area is 327 Å². The Morgan fingerprint density at radius 2 is 0.964 bits per heavy atom.